The van der Waals surface area contributed by atoms with Crippen molar-refractivity contribution in [1.29, 1.82) is 0 Å². The van der Waals surface area contributed by atoms with E-state index in [2.05, 4.69) is 30.9 Å². The number of aryl methyl sites for hydroxylation is 2. The van der Waals surface area contributed by atoms with Crippen LogP contribution < -0.4 is 4.90 Å². The molecule has 33 heavy (non-hydrogen) atoms. The van der Waals surface area contributed by atoms with Gasteiger partial charge in [-0.05, 0) is 31.9 Å². The van der Waals surface area contributed by atoms with Crippen molar-refractivity contribution in [2.45, 2.75) is 65.7 Å². The lowest BCUT2D eigenvalue weighted by Crippen LogP contribution is -2.49. The molecule has 7 nitrogen and oxygen atoms in total. The van der Waals surface area contributed by atoms with Gasteiger partial charge < -0.3 is 9.80 Å². The number of unbranched alkanes of at least 4 members (excludes halogenated alkanes) is 3. The first-order valence-corrected chi connectivity index (χ1v) is 12.5. The first kappa shape index (κ1) is 23.2. The average molecular weight is 449 g/mol. The maximum atomic E-state index is 12.6. The van der Waals surface area contributed by atoms with E-state index in [1.165, 1.54) is 12.8 Å². The highest BCUT2D eigenvalue weighted by atomic mass is 16.2. The first-order chi connectivity index (χ1) is 16.1. The summed E-state index contributed by atoms with van der Waals surface area (Å²) in [5.41, 5.74) is 2.80. The monoisotopic (exact) mass is 448 g/mol. The number of benzene rings is 1. The number of fused-ring (bicyclic) bond motifs is 1. The number of anilines is 1. The van der Waals surface area contributed by atoms with E-state index in [1.807, 2.05) is 34.7 Å². The molecule has 1 fully saturated rings. The van der Waals surface area contributed by atoms with Gasteiger partial charge in [0, 0.05) is 39.0 Å². The molecule has 1 aliphatic heterocycles. The Morgan fingerprint density at radius 1 is 0.939 bits per heavy atom. The lowest BCUT2D eigenvalue weighted by molar-refractivity contribution is -0.131. The normalized spacial score (nSPS) is 14.3. The standard InChI is InChI=1S/C26H36N6O/c1-4-6-7-11-15-23(33)30-16-18-31(19-17-30)25-24-20(3)29-32(21-13-9-8-10-14-21)26(24)28-22(27-25)12-5-2/h8-10,13-14H,4-7,11-12,15-19H2,1-3H3. The molecule has 1 aliphatic rings. The van der Waals surface area contributed by atoms with Crippen molar-refractivity contribution in [2.24, 2.45) is 0 Å². The molecule has 0 saturated carbocycles. The van der Waals surface area contributed by atoms with Gasteiger partial charge >= 0.3 is 0 Å². The van der Waals surface area contributed by atoms with Crippen molar-refractivity contribution >= 4 is 22.8 Å². The van der Waals surface area contributed by atoms with Gasteiger partial charge in [0.15, 0.2) is 5.65 Å². The van der Waals surface area contributed by atoms with Gasteiger partial charge in [0.25, 0.3) is 0 Å². The Morgan fingerprint density at radius 3 is 2.39 bits per heavy atom. The summed E-state index contributed by atoms with van der Waals surface area (Å²) in [6, 6.07) is 10.2. The van der Waals surface area contributed by atoms with Gasteiger partial charge in [-0.25, -0.2) is 14.6 Å². The van der Waals surface area contributed by atoms with E-state index < -0.39 is 0 Å². The van der Waals surface area contributed by atoms with Gasteiger partial charge in [0.1, 0.15) is 11.6 Å². The highest BCUT2D eigenvalue weighted by Crippen LogP contribution is 2.30. The van der Waals surface area contributed by atoms with Gasteiger partial charge in [-0.3, -0.25) is 4.79 Å². The summed E-state index contributed by atoms with van der Waals surface area (Å²) in [5, 5.41) is 5.84. The number of nitrogens with zero attached hydrogens (tertiary/aromatic N) is 6. The molecule has 0 spiro atoms. The van der Waals surface area contributed by atoms with Gasteiger partial charge in [-0.15, -0.1) is 0 Å². The third-order valence-corrected chi connectivity index (χ3v) is 6.38. The lowest BCUT2D eigenvalue weighted by atomic mass is 10.1. The predicted molar refractivity (Wildman–Crippen MR) is 133 cm³/mol. The molecule has 0 bridgehead atoms. The molecule has 0 atom stereocenters. The van der Waals surface area contributed by atoms with Crippen LogP contribution in [0.2, 0.25) is 0 Å². The molecular weight excluding hydrogens is 412 g/mol. The Labute approximate surface area is 196 Å². The molecule has 0 unspecified atom stereocenters. The summed E-state index contributed by atoms with van der Waals surface area (Å²) >= 11 is 0. The molecular formula is C26H36N6O. The van der Waals surface area contributed by atoms with Crippen LogP contribution >= 0.6 is 0 Å². The molecule has 1 aromatic carbocycles. The fraction of sp³-hybridized carbons (Fsp3) is 0.538. The topological polar surface area (TPSA) is 67.2 Å². The van der Waals surface area contributed by atoms with E-state index in [0.29, 0.717) is 12.3 Å². The summed E-state index contributed by atoms with van der Waals surface area (Å²) in [6.07, 6.45) is 7.04. The fourth-order valence-electron chi connectivity index (χ4n) is 4.55. The van der Waals surface area contributed by atoms with E-state index in [-0.39, 0.29) is 0 Å². The minimum absolute atomic E-state index is 0.290. The summed E-state index contributed by atoms with van der Waals surface area (Å²) in [4.78, 5) is 26.9. The molecule has 3 aromatic rings. The highest BCUT2D eigenvalue weighted by Gasteiger charge is 2.26. The minimum atomic E-state index is 0.290. The SMILES string of the molecule is CCCCCCC(=O)N1CCN(c2nc(CCC)nc3c2c(C)nn3-c2ccccc2)CC1. The number of rotatable bonds is 9. The summed E-state index contributed by atoms with van der Waals surface area (Å²) in [7, 11) is 0. The van der Waals surface area contributed by atoms with Crippen molar-refractivity contribution in [2.75, 3.05) is 31.1 Å². The van der Waals surface area contributed by atoms with Crippen LogP contribution in [-0.4, -0.2) is 56.7 Å². The second-order valence-electron chi connectivity index (χ2n) is 8.92. The highest BCUT2D eigenvalue weighted by molar-refractivity contribution is 5.91. The number of para-hydroxylation sites is 1. The van der Waals surface area contributed by atoms with Crippen molar-refractivity contribution in [3.8, 4) is 5.69 Å². The fourth-order valence-corrected chi connectivity index (χ4v) is 4.55. The van der Waals surface area contributed by atoms with E-state index in [9.17, 15) is 4.79 Å². The Balaban J connectivity index is 1.58. The van der Waals surface area contributed by atoms with Gasteiger partial charge in [-0.1, -0.05) is 51.3 Å². The van der Waals surface area contributed by atoms with Crippen LogP contribution in [0.25, 0.3) is 16.7 Å². The largest absolute Gasteiger partial charge is 0.352 e. The Bertz CT molecular complexity index is 1070. The minimum Gasteiger partial charge on any atom is -0.352 e. The molecule has 0 radical (unpaired) electrons. The second kappa shape index (κ2) is 10.8. The van der Waals surface area contributed by atoms with Gasteiger partial charge in [-0.2, -0.15) is 5.10 Å². The zero-order chi connectivity index (χ0) is 23.2. The van der Waals surface area contributed by atoms with Crippen LogP contribution in [0.4, 0.5) is 5.82 Å². The third kappa shape index (κ3) is 5.18. The number of hydrogen-bond acceptors (Lipinski definition) is 5. The van der Waals surface area contributed by atoms with Crippen LogP contribution in [0.15, 0.2) is 30.3 Å². The Hall–Kier alpha value is -2.96. The van der Waals surface area contributed by atoms with Crippen LogP contribution in [0.1, 0.15) is 63.9 Å². The molecule has 2 aromatic heterocycles. The smallest absolute Gasteiger partial charge is 0.222 e. The zero-order valence-corrected chi connectivity index (χ0v) is 20.3. The molecule has 7 heteroatoms. The summed E-state index contributed by atoms with van der Waals surface area (Å²) < 4.78 is 1.94. The van der Waals surface area contributed by atoms with Crippen LogP contribution in [0.5, 0.6) is 0 Å². The second-order valence-corrected chi connectivity index (χ2v) is 8.92. The number of carbonyl (C=O) groups excluding carboxylic acids is 1. The molecule has 3 heterocycles. The molecule has 0 aliphatic carbocycles. The van der Waals surface area contributed by atoms with E-state index in [4.69, 9.17) is 15.1 Å². The first-order valence-electron chi connectivity index (χ1n) is 12.5. The van der Waals surface area contributed by atoms with Crippen molar-refractivity contribution in [3.63, 3.8) is 0 Å². The number of aromatic nitrogens is 4. The number of hydrogen-bond donors (Lipinski definition) is 0. The van der Waals surface area contributed by atoms with Crippen molar-refractivity contribution in [1.82, 2.24) is 24.6 Å². The summed E-state index contributed by atoms with van der Waals surface area (Å²) in [6.45, 7) is 9.44. The van der Waals surface area contributed by atoms with Crippen LogP contribution in [-0.2, 0) is 11.2 Å². The third-order valence-electron chi connectivity index (χ3n) is 6.38. The molecule has 1 saturated heterocycles. The van der Waals surface area contributed by atoms with Crippen molar-refractivity contribution in [3.05, 3.63) is 41.9 Å². The molecule has 4 rings (SSSR count). The molecule has 1 amide bonds. The lowest BCUT2D eigenvalue weighted by Gasteiger charge is -2.36. The van der Waals surface area contributed by atoms with Gasteiger partial charge in [0.05, 0.1) is 16.8 Å². The summed E-state index contributed by atoms with van der Waals surface area (Å²) in [5.74, 6) is 2.10. The number of carbonyl (C=O) groups is 1. The maximum Gasteiger partial charge on any atom is 0.222 e. The van der Waals surface area contributed by atoms with Gasteiger partial charge in [0.2, 0.25) is 5.91 Å². The zero-order valence-electron chi connectivity index (χ0n) is 20.3. The maximum absolute atomic E-state index is 12.6. The predicted octanol–water partition coefficient (Wildman–Crippen LogP) is 4.70. The van der Waals surface area contributed by atoms with Crippen LogP contribution in [0.3, 0.4) is 0 Å². The van der Waals surface area contributed by atoms with E-state index in [1.54, 1.807) is 0 Å². The Morgan fingerprint density at radius 2 is 1.70 bits per heavy atom. The van der Waals surface area contributed by atoms with E-state index >= 15 is 0 Å². The van der Waals surface area contributed by atoms with E-state index in [0.717, 1.165) is 85.9 Å². The molecule has 176 valence electrons. The Kier molecular flexibility index (Phi) is 7.57. The average Bonchev–Trinajstić information content (AvgIpc) is 3.18. The number of piperazine rings is 1. The number of amides is 1. The van der Waals surface area contributed by atoms with Crippen LogP contribution in [0, 0.1) is 6.92 Å². The molecule has 0 N–H and O–H groups in total. The van der Waals surface area contributed by atoms with Crippen molar-refractivity contribution < 1.29 is 4.79 Å². The quantitative estimate of drug-likeness (QED) is 0.444.